The van der Waals surface area contributed by atoms with Crippen LogP contribution in [-0.4, -0.2) is 69.5 Å². The van der Waals surface area contributed by atoms with Gasteiger partial charge in [-0.05, 0) is 71.6 Å². The van der Waals surface area contributed by atoms with Gasteiger partial charge in [-0.2, -0.15) is 13.2 Å². The normalized spacial score (nSPS) is 21.5. The molecule has 4 aromatic rings. The summed E-state index contributed by atoms with van der Waals surface area (Å²) >= 11 is 0. The molecule has 5 rings (SSSR count). The first kappa shape index (κ1) is 35.9. The molecule has 0 amide bonds. The van der Waals surface area contributed by atoms with Crippen molar-refractivity contribution < 1.29 is 22.1 Å². The minimum atomic E-state index is -4.42. The van der Waals surface area contributed by atoms with Gasteiger partial charge in [-0.1, -0.05) is 110 Å². The maximum absolute atomic E-state index is 14.4. The SMILES string of the molecule is CC1(c2ccc(-c3ccc(-c4ccc(C(C)(c5ccccc5)C(F)(F)F)cc4)cc3)cc2)CC[N+](C)(CCCCCC[N+](C)(C)C)CC1. The second-order valence-corrected chi connectivity index (χ2v) is 16.0. The Morgan fingerprint density at radius 1 is 0.625 bits per heavy atom. The number of halogens is 3. The van der Waals surface area contributed by atoms with Gasteiger partial charge in [-0.15, -0.1) is 0 Å². The summed E-state index contributed by atoms with van der Waals surface area (Å²) < 4.78 is 45.4. The lowest BCUT2D eigenvalue weighted by atomic mass is 9.73. The predicted octanol–water partition coefficient (Wildman–Crippen LogP) is 10.7. The van der Waals surface area contributed by atoms with Crippen LogP contribution in [0.1, 0.15) is 69.1 Å². The quantitative estimate of drug-likeness (QED) is 0.105. The Hall–Kier alpha value is -3.41. The van der Waals surface area contributed by atoms with E-state index in [-0.39, 0.29) is 16.5 Å². The lowest BCUT2D eigenvalue weighted by molar-refractivity contribution is -0.915. The van der Waals surface area contributed by atoms with Crippen LogP contribution in [0.3, 0.4) is 0 Å². The van der Waals surface area contributed by atoms with Crippen molar-refractivity contribution in [2.24, 2.45) is 0 Å². The molecular formula is C43H55F3N2+2. The van der Waals surface area contributed by atoms with Crippen LogP contribution in [0.15, 0.2) is 103 Å². The molecule has 1 saturated heterocycles. The topological polar surface area (TPSA) is 0 Å². The van der Waals surface area contributed by atoms with Crippen molar-refractivity contribution in [1.82, 2.24) is 0 Å². The number of hydrogen-bond acceptors (Lipinski definition) is 0. The van der Waals surface area contributed by atoms with Crippen LogP contribution >= 0.6 is 0 Å². The number of hydrogen-bond donors (Lipinski definition) is 0. The fraction of sp³-hybridized carbons (Fsp3) is 0.442. The number of unbranched alkanes of at least 4 members (excludes halogenated alkanes) is 3. The highest BCUT2D eigenvalue weighted by Gasteiger charge is 2.53. The Balaban J connectivity index is 1.19. The Morgan fingerprint density at radius 2 is 1.06 bits per heavy atom. The van der Waals surface area contributed by atoms with E-state index >= 15 is 0 Å². The Labute approximate surface area is 287 Å². The zero-order valence-electron chi connectivity index (χ0n) is 29.9. The molecule has 0 aliphatic carbocycles. The van der Waals surface area contributed by atoms with Gasteiger partial charge in [-0.25, -0.2) is 0 Å². The van der Waals surface area contributed by atoms with E-state index in [1.807, 2.05) is 0 Å². The number of benzene rings is 4. The first-order chi connectivity index (χ1) is 22.6. The summed E-state index contributed by atoms with van der Waals surface area (Å²) in [5, 5.41) is 0. The van der Waals surface area contributed by atoms with Crippen LogP contribution in [0.5, 0.6) is 0 Å². The van der Waals surface area contributed by atoms with Crippen molar-refractivity contribution in [2.45, 2.75) is 69.4 Å². The predicted molar refractivity (Wildman–Crippen MR) is 195 cm³/mol. The number of alkyl halides is 3. The molecule has 0 aromatic heterocycles. The maximum atomic E-state index is 14.4. The molecule has 48 heavy (non-hydrogen) atoms. The second kappa shape index (κ2) is 14.2. The fourth-order valence-electron chi connectivity index (χ4n) is 7.40. The maximum Gasteiger partial charge on any atom is 0.402 e. The van der Waals surface area contributed by atoms with Crippen LogP contribution in [0.4, 0.5) is 13.2 Å². The van der Waals surface area contributed by atoms with Crippen LogP contribution in [0.25, 0.3) is 22.3 Å². The van der Waals surface area contributed by atoms with E-state index in [0.29, 0.717) is 0 Å². The Bertz CT molecular complexity index is 1590. The van der Waals surface area contributed by atoms with Crippen LogP contribution < -0.4 is 0 Å². The molecule has 0 saturated carbocycles. The summed E-state index contributed by atoms with van der Waals surface area (Å²) in [7, 11) is 9.29. The molecule has 2 nitrogen and oxygen atoms in total. The lowest BCUT2D eigenvalue weighted by Crippen LogP contribution is -2.53. The number of likely N-dealkylation sites (tertiary alicyclic amines) is 1. The van der Waals surface area contributed by atoms with Crippen molar-refractivity contribution in [3.63, 3.8) is 0 Å². The molecule has 1 unspecified atom stereocenters. The third-order valence-corrected chi connectivity index (χ3v) is 11.2. The number of rotatable bonds is 12. The first-order valence-corrected chi connectivity index (χ1v) is 17.7. The minimum Gasteiger partial charge on any atom is -0.331 e. The van der Waals surface area contributed by atoms with Gasteiger partial charge in [0.05, 0.1) is 54.4 Å². The smallest absolute Gasteiger partial charge is 0.331 e. The van der Waals surface area contributed by atoms with Crippen LogP contribution in [-0.2, 0) is 10.8 Å². The van der Waals surface area contributed by atoms with Gasteiger partial charge >= 0.3 is 6.18 Å². The van der Waals surface area contributed by atoms with Gasteiger partial charge in [0.15, 0.2) is 0 Å². The third-order valence-electron chi connectivity index (χ3n) is 11.2. The molecule has 4 aromatic carbocycles. The first-order valence-electron chi connectivity index (χ1n) is 17.7. The molecule has 0 bridgehead atoms. The van der Waals surface area contributed by atoms with Crippen molar-refractivity contribution in [2.75, 3.05) is 54.4 Å². The standard InChI is InChI=1S/C43H55F3N2/c1-41(28-32-48(6,33-29-41)31-13-8-7-12-30-47(3,4)5)38-24-20-36(21-25-38)34-16-18-35(19-17-34)37-22-26-40(27-23-37)42(2,43(44,45)46)39-14-10-9-11-15-39/h9-11,14-27H,7-8,12-13,28-33H2,1-6H3/q+2. The highest BCUT2D eigenvalue weighted by Crippen LogP contribution is 2.46. The third kappa shape index (κ3) is 8.23. The fourth-order valence-corrected chi connectivity index (χ4v) is 7.40. The molecule has 1 heterocycles. The van der Waals surface area contributed by atoms with E-state index in [2.05, 4.69) is 83.6 Å². The Morgan fingerprint density at radius 3 is 1.54 bits per heavy atom. The highest BCUT2D eigenvalue weighted by molar-refractivity contribution is 5.71. The molecule has 1 atom stereocenters. The summed E-state index contributed by atoms with van der Waals surface area (Å²) in [4.78, 5) is 0. The molecule has 256 valence electrons. The van der Waals surface area contributed by atoms with E-state index < -0.39 is 11.6 Å². The average Bonchev–Trinajstić information content (AvgIpc) is 3.07. The van der Waals surface area contributed by atoms with Gasteiger partial charge in [-0.3, -0.25) is 0 Å². The van der Waals surface area contributed by atoms with Crippen molar-refractivity contribution >= 4 is 0 Å². The summed E-state index contributed by atoms with van der Waals surface area (Å²) in [5.41, 5.74) is 4.22. The van der Waals surface area contributed by atoms with Gasteiger partial charge in [0.2, 0.25) is 0 Å². The molecule has 1 aliphatic rings. The average molecular weight is 657 g/mol. The lowest BCUT2D eigenvalue weighted by Gasteiger charge is -2.45. The van der Waals surface area contributed by atoms with E-state index in [9.17, 15) is 13.2 Å². The molecule has 1 fully saturated rings. The van der Waals surface area contributed by atoms with E-state index in [1.54, 1.807) is 54.6 Å². The molecule has 0 radical (unpaired) electrons. The zero-order valence-corrected chi connectivity index (χ0v) is 29.9. The van der Waals surface area contributed by atoms with E-state index in [0.717, 1.165) is 21.2 Å². The summed E-state index contributed by atoms with van der Waals surface area (Å²) in [5.74, 6) is 0. The van der Waals surface area contributed by atoms with Gasteiger partial charge in [0.25, 0.3) is 0 Å². The summed E-state index contributed by atoms with van der Waals surface area (Å²) in [6, 6.07) is 32.4. The van der Waals surface area contributed by atoms with Crippen molar-refractivity contribution in [3.8, 4) is 22.3 Å². The van der Waals surface area contributed by atoms with Gasteiger partial charge in [0.1, 0.15) is 5.41 Å². The Kier molecular flexibility index (Phi) is 10.6. The molecule has 0 spiro atoms. The minimum absolute atomic E-state index is 0.208. The van der Waals surface area contributed by atoms with Gasteiger partial charge < -0.3 is 8.97 Å². The zero-order chi connectivity index (χ0) is 34.6. The largest absolute Gasteiger partial charge is 0.402 e. The molecule has 5 heteroatoms. The van der Waals surface area contributed by atoms with E-state index in [4.69, 9.17) is 0 Å². The van der Waals surface area contributed by atoms with E-state index in [1.165, 1.54) is 87.2 Å². The van der Waals surface area contributed by atoms with Crippen molar-refractivity contribution in [3.05, 3.63) is 120 Å². The molecule has 1 aliphatic heterocycles. The number of nitrogens with zero attached hydrogens (tertiary/aromatic N) is 2. The van der Waals surface area contributed by atoms with Crippen molar-refractivity contribution in [1.29, 1.82) is 0 Å². The molecule has 0 N–H and O–H groups in total. The van der Waals surface area contributed by atoms with Crippen LogP contribution in [0.2, 0.25) is 0 Å². The molecular weight excluding hydrogens is 601 g/mol. The second-order valence-electron chi connectivity index (χ2n) is 16.0. The highest BCUT2D eigenvalue weighted by atomic mass is 19.4. The number of piperidine rings is 1. The monoisotopic (exact) mass is 656 g/mol. The van der Waals surface area contributed by atoms with Crippen LogP contribution in [0, 0.1) is 0 Å². The van der Waals surface area contributed by atoms with Gasteiger partial charge in [0, 0.05) is 18.3 Å². The summed E-state index contributed by atoms with van der Waals surface area (Å²) in [6.07, 6.45) is 3.34. The number of quaternary nitrogens is 2. The summed E-state index contributed by atoms with van der Waals surface area (Å²) in [6.45, 7) is 8.73.